The summed E-state index contributed by atoms with van der Waals surface area (Å²) >= 11 is 5.75. The van der Waals surface area contributed by atoms with Crippen molar-refractivity contribution in [3.8, 4) is 0 Å². The highest BCUT2D eigenvalue weighted by Crippen LogP contribution is 2.15. The van der Waals surface area contributed by atoms with E-state index in [1.165, 1.54) is 0 Å². The molecule has 0 heterocycles. The third-order valence-corrected chi connectivity index (χ3v) is 3.33. The van der Waals surface area contributed by atoms with Crippen LogP contribution in [0.25, 0.3) is 0 Å². The second-order valence-corrected chi connectivity index (χ2v) is 5.15. The Morgan fingerprint density at radius 3 is 1.90 bits per heavy atom. The maximum absolute atomic E-state index is 11.8. The van der Waals surface area contributed by atoms with Crippen LogP contribution in [-0.2, 0) is 9.59 Å². The van der Waals surface area contributed by atoms with Crippen LogP contribution in [0.5, 0.6) is 0 Å². The average Bonchev–Trinajstić information content (AvgIpc) is 2.45. The zero-order chi connectivity index (χ0) is 15.4. The Hall–Kier alpha value is -2.33. The molecule has 0 radical (unpaired) electrons. The van der Waals surface area contributed by atoms with Gasteiger partial charge in [-0.15, -0.1) is 0 Å². The third kappa shape index (κ3) is 4.07. The number of anilines is 2. The summed E-state index contributed by atoms with van der Waals surface area (Å²) in [4.78, 5) is 23.6. The smallest absolute Gasteiger partial charge is 0.314 e. The zero-order valence-corrected chi connectivity index (χ0v) is 12.5. The monoisotopic (exact) mass is 302 g/mol. The molecule has 0 spiro atoms. The molecule has 2 N–H and O–H groups in total. The molecule has 2 amide bonds. The summed E-state index contributed by atoms with van der Waals surface area (Å²) in [5.74, 6) is -1.44. The number of carbonyl (C=O) groups excluding carboxylic acids is 2. The van der Waals surface area contributed by atoms with Gasteiger partial charge in [-0.05, 0) is 61.4 Å². The van der Waals surface area contributed by atoms with Gasteiger partial charge in [-0.3, -0.25) is 9.59 Å². The minimum absolute atomic E-state index is 0.514. The summed E-state index contributed by atoms with van der Waals surface area (Å²) in [7, 11) is 0. The maximum atomic E-state index is 11.8. The molecule has 0 aliphatic heterocycles. The lowest BCUT2D eigenvalue weighted by atomic mass is 10.1. The fraction of sp³-hybridized carbons (Fsp3) is 0.125. The molecule has 4 nitrogen and oxygen atoms in total. The summed E-state index contributed by atoms with van der Waals surface area (Å²) in [5.41, 5.74) is 3.28. The van der Waals surface area contributed by atoms with Gasteiger partial charge in [-0.1, -0.05) is 17.7 Å². The number of hydrogen-bond acceptors (Lipinski definition) is 2. The number of benzene rings is 2. The van der Waals surface area contributed by atoms with Crippen LogP contribution in [0.3, 0.4) is 0 Å². The van der Waals surface area contributed by atoms with E-state index in [0.29, 0.717) is 16.4 Å². The first-order valence-electron chi connectivity index (χ1n) is 6.41. The van der Waals surface area contributed by atoms with Crippen molar-refractivity contribution in [3.05, 3.63) is 58.6 Å². The van der Waals surface area contributed by atoms with Gasteiger partial charge in [-0.25, -0.2) is 0 Å². The van der Waals surface area contributed by atoms with Crippen LogP contribution in [0.1, 0.15) is 11.1 Å². The predicted octanol–water partition coefficient (Wildman–Crippen LogP) is 3.53. The Balaban J connectivity index is 2.00. The molecule has 0 unspecified atom stereocenters. The molecule has 21 heavy (non-hydrogen) atoms. The van der Waals surface area contributed by atoms with E-state index >= 15 is 0 Å². The molecule has 0 saturated carbocycles. The molecule has 0 aromatic heterocycles. The molecule has 0 bridgehead atoms. The highest BCUT2D eigenvalue weighted by Gasteiger charge is 2.14. The van der Waals surface area contributed by atoms with Gasteiger partial charge in [0.05, 0.1) is 0 Å². The van der Waals surface area contributed by atoms with Crippen molar-refractivity contribution in [2.75, 3.05) is 10.6 Å². The number of rotatable bonds is 2. The number of carbonyl (C=O) groups is 2. The Kier molecular flexibility index (Phi) is 4.60. The van der Waals surface area contributed by atoms with Crippen LogP contribution in [0.15, 0.2) is 42.5 Å². The minimum Gasteiger partial charge on any atom is -0.318 e. The topological polar surface area (TPSA) is 58.2 Å². The van der Waals surface area contributed by atoms with Gasteiger partial charge in [0.25, 0.3) is 0 Å². The van der Waals surface area contributed by atoms with Crippen molar-refractivity contribution < 1.29 is 9.59 Å². The molecule has 0 saturated heterocycles. The zero-order valence-electron chi connectivity index (χ0n) is 11.7. The van der Waals surface area contributed by atoms with Gasteiger partial charge >= 0.3 is 11.8 Å². The van der Waals surface area contributed by atoms with Crippen LogP contribution >= 0.6 is 11.6 Å². The molecule has 2 rings (SSSR count). The average molecular weight is 303 g/mol. The number of halogens is 1. The summed E-state index contributed by atoms with van der Waals surface area (Å²) in [5, 5.41) is 5.63. The maximum Gasteiger partial charge on any atom is 0.314 e. The number of nitrogens with one attached hydrogen (secondary N) is 2. The van der Waals surface area contributed by atoms with E-state index in [4.69, 9.17) is 11.6 Å². The molecule has 0 aliphatic carbocycles. The van der Waals surface area contributed by atoms with Crippen LogP contribution < -0.4 is 10.6 Å². The molecule has 5 heteroatoms. The fourth-order valence-electron chi connectivity index (χ4n) is 1.73. The highest BCUT2D eigenvalue weighted by atomic mass is 35.5. The Morgan fingerprint density at radius 1 is 0.810 bits per heavy atom. The number of amides is 2. The van der Waals surface area contributed by atoms with E-state index in [1.807, 2.05) is 26.0 Å². The van der Waals surface area contributed by atoms with Crippen molar-refractivity contribution >= 4 is 34.8 Å². The van der Waals surface area contributed by atoms with Gasteiger partial charge in [0.1, 0.15) is 0 Å². The van der Waals surface area contributed by atoms with Crippen LogP contribution in [-0.4, -0.2) is 11.8 Å². The molecule has 0 aliphatic rings. The van der Waals surface area contributed by atoms with Gasteiger partial charge in [0, 0.05) is 16.4 Å². The van der Waals surface area contributed by atoms with Gasteiger partial charge in [0.15, 0.2) is 0 Å². The molecule has 2 aromatic rings. The second kappa shape index (κ2) is 6.41. The standard InChI is InChI=1S/C16H15ClN2O2/c1-10-3-6-14(9-11(10)2)19-16(21)15(20)18-13-7-4-12(17)5-8-13/h3-9H,1-2H3,(H,18,20)(H,19,21). The van der Waals surface area contributed by atoms with Crippen molar-refractivity contribution in [1.82, 2.24) is 0 Å². The Bertz CT molecular complexity index is 681. The largest absolute Gasteiger partial charge is 0.318 e. The number of hydrogen-bond donors (Lipinski definition) is 2. The summed E-state index contributed by atoms with van der Waals surface area (Å²) in [6.07, 6.45) is 0. The van der Waals surface area contributed by atoms with Crippen LogP contribution in [0.4, 0.5) is 11.4 Å². The van der Waals surface area contributed by atoms with Crippen molar-refractivity contribution in [1.29, 1.82) is 0 Å². The molecule has 2 aromatic carbocycles. The van der Waals surface area contributed by atoms with E-state index in [-0.39, 0.29) is 0 Å². The van der Waals surface area contributed by atoms with E-state index < -0.39 is 11.8 Å². The fourth-order valence-corrected chi connectivity index (χ4v) is 1.85. The van der Waals surface area contributed by atoms with Crippen molar-refractivity contribution in [3.63, 3.8) is 0 Å². The predicted molar refractivity (Wildman–Crippen MR) is 84.6 cm³/mol. The third-order valence-electron chi connectivity index (χ3n) is 3.07. The molecular formula is C16H15ClN2O2. The van der Waals surface area contributed by atoms with Gasteiger partial charge < -0.3 is 10.6 Å². The molecule has 0 atom stereocenters. The molecule has 0 fully saturated rings. The van der Waals surface area contributed by atoms with E-state index in [9.17, 15) is 9.59 Å². The molecule has 108 valence electrons. The minimum atomic E-state index is -0.726. The van der Waals surface area contributed by atoms with E-state index in [1.54, 1.807) is 30.3 Å². The summed E-state index contributed by atoms with van der Waals surface area (Å²) < 4.78 is 0. The lowest BCUT2D eigenvalue weighted by Gasteiger charge is -2.08. The lowest BCUT2D eigenvalue weighted by Crippen LogP contribution is -2.29. The first-order valence-corrected chi connectivity index (χ1v) is 6.78. The van der Waals surface area contributed by atoms with E-state index in [0.717, 1.165) is 11.1 Å². The van der Waals surface area contributed by atoms with Crippen LogP contribution in [0, 0.1) is 13.8 Å². The van der Waals surface area contributed by atoms with Crippen molar-refractivity contribution in [2.24, 2.45) is 0 Å². The number of aryl methyl sites for hydroxylation is 2. The first kappa shape index (κ1) is 15.1. The van der Waals surface area contributed by atoms with Crippen molar-refractivity contribution in [2.45, 2.75) is 13.8 Å². The van der Waals surface area contributed by atoms with Gasteiger partial charge in [-0.2, -0.15) is 0 Å². The van der Waals surface area contributed by atoms with Crippen LogP contribution in [0.2, 0.25) is 5.02 Å². The quantitative estimate of drug-likeness (QED) is 0.834. The Labute approximate surface area is 128 Å². The lowest BCUT2D eigenvalue weighted by molar-refractivity contribution is -0.132. The Morgan fingerprint density at radius 2 is 1.33 bits per heavy atom. The second-order valence-electron chi connectivity index (χ2n) is 4.71. The van der Waals surface area contributed by atoms with E-state index in [2.05, 4.69) is 10.6 Å². The van der Waals surface area contributed by atoms with Gasteiger partial charge in [0.2, 0.25) is 0 Å². The molecular weight excluding hydrogens is 288 g/mol. The highest BCUT2D eigenvalue weighted by molar-refractivity contribution is 6.43. The summed E-state index contributed by atoms with van der Waals surface area (Å²) in [6, 6.07) is 12.0. The normalized spacial score (nSPS) is 10.0. The SMILES string of the molecule is Cc1ccc(NC(=O)C(=O)Nc2ccc(Cl)cc2)cc1C. The summed E-state index contributed by atoms with van der Waals surface area (Å²) in [6.45, 7) is 3.92. The first-order chi connectivity index (χ1) is 9.95.